The van der Waals surface area contributed by atoms with Crippen molar-refractivity contribution in [2.75, 3.05) is 5.32 Å². The van der Waals surface area contributed by atoms with Gasteiger partial charge in [0.2, 0.25) is 0 Å². The Morgan fingerprint density at radius 2 is 2.06 bits per heavy atom. The van der Waals surface area contributed by atoms with Crippen LogP contribution in [0.3, 0.4) is 0 Å². The largest absolute Gasteiger partial charge is 0.365 e. The summed E-state index contributed by atoms with van der Waals surface area (Å²) in [7, 11) is 0. The van der Waals surface area contributed by atoms with E-state index in [0.29, 0.717) is 0 Å². The Morgan fingerprint density at radius 3 is 2.59 bits per heavy atom. The van der Waals surface area contributed by atoms with E-state index < -0.39 is 5.91 Å². The van der Waals surface area contributed by atoms with E-state index in [2.05, 4.69) is 10.6 Å². The van der Waals surface area contributed by atoms with Gasteiger partial charge in [-0.1, -0.05) is 18.2 Å². The molecule has 0 aliphatic carbocycles. The molecule has 1 amide bonds. The van der Waals surface area contributed by atoms with Gasteiger partial charge in [0.1, 0.15) is 11.6 Å². The van der Waals surface area contributed by atoms with E-state index in [9.17, 15) is 4.79 Å². The first-order chi connectivity index (χ1) is 8.13. The van der Waals surface area contributed by atoms with Crippen LogP contribution in [0.25, 0.3) is 0 Å². The van der Waals surface area contributed by atoms with Gasteiger partial charge in [0.05, 0.1) is 0 Å². The van der Waals surface area contributed by atoms with Gasteiger partial charge in [-0.25, -0.2) is 0 Å². The van der Waals surface area contributed by atoms with Crippen molar-refractivity contribution in [3.8, 4) is 6.07 Å². The topological polar surface area (TPSA) is 90.9 Å². The van der Waals surface area contributed by atoms with E-state index in [1.165, 1.54) is 6.20 Å². The molecule has 4 N–H and O–H groups in total. The Morgan fingerprint density at radius 1 is 1.41 bits per heavy atom. The molecule has 1 aromatic rings. The average molecular weight is 246 g/mol. The molecule has 0 atom stereocenters. The highest BCUT2D eigenvalue weighted by Crippen LogP contribution is 2.04. The number of carbonyl (C=O) groups excluding carboxylic acids is 1. The molecule has 0 saturated carbocycles. The number of nitriles is 1. The molecule has 0 aliphatic rings. The van der Waals surface area contributed by atoms with Crippen molar-refractivity contribution in [1.82, 2.24) is 5.32 Å². The molecule has 0 radical (unpaired) electrons. The van der Waals surface area contributed by atoms with Gasteiger partial charge in [-0.2, -0.15) is 5.26 Å². The number of carbonyl (C=O) groups is 1. The highest BCUT2D eigenvalue weighted by Gasteiger charge is 2.02. The average Bonchev–Trinajstić information content (AvgIpc) is 2.30. The van der Waals surface area contributed by atoms with Crippen LogP contribution >= 0.6 is 12.2 Å². The number of benzene rings is 1. The van der Waals surface area contributed by atoms with Gasteiger partial charge in [-0.05, 0) is 24.4 Å². The molecule has 86 valence electrons. The van der Waals surface area contributed by atoms with Gasteiger partial charge in [0.15, 0.2) is 5.11 Å². The highest BCUT2D eigenvalue weighted by molar-refractivity contribution is 7.80. The number of hydrogen-bond acceptors (Lipinski definition) is 3. The predicted octanol–water partition coefficient (Wildman–Crippen LogP) is 0.866. The number of hydrogen-bond donors (Lipinski definition) is 3. The zero-order chi connectivity index (χ0) is 12.7. The normalized spacial score (nSPS) is 10.2. The molecule has 6 heteroatoms. The first kappa shape index (κ1) is 12.7. The summed E-state index contributed by atoms with van der Waals surface area (Å²) in [6, 6.07) is 10.9. The molecular formula is C11H10N4OS. The fraction of sp³-hybridized carbons (Fsp3) is 0. The maximum absolute atomic E-state index is 10.7. The third-order valence-electron chi connectivity index (χ3n) is 1.77. The van der Waals surface area contributed by atoms with Crippen molar-refractivity contribution >= 4 is 28.9 Å². The Hall–Kier alpha value is -2.39. The number of amides is 1. The van der Waals surface area contributed by atoms with E-state index >= 15 is 0 Å². The summed E-state index contributed by atoms with van der Waals surface area (Å²) in [6.45, 7) is 0. The Kier molecular flexibility index (Phi) is 4.66. The molecule has 0 bridgehead atoms. The van der Waals surface area contributed by atoms with Crippen molar-refractivity contribution in [3.05, 3.63) is 42.1 Å². The Bertz CT molecular complexity index is 490. The maximum atomic E-state index is 10.7. The number of primary amides is 1. The van der Waals surface area contributed by atoms with Crippen molar-refractivity contribution in [3.63, 3.8) is 0 Å². The van der Waals surface area contributed by atoms with Crippen molar-refractivity contribution in [2.45, 2.75) is 0 Å². The molecular weight excluding hydrogens is 236 g/mol. The van der Waals surface area contributed by atoms with E-state index in [0.717, 1.165) is 5.69 Å². The number of anilines is 1. The summed E-state index contributed by atoms with van der Waals surface area (Å²) in [4.78, 5) is 10.7. The summed E-state index contributed by atoms with van der Waals surface area (Å²) >= 11 is 4.96. The first-order valence-electron chi connectivity index (χ1n) is 4.66. The van der Waals surface area contributed by atoms with Gasteiger partial charge >= 0.3 is 0 Å². The quantitative estimate of drug-likeness (QED) is 0.418. The number of nitrogens with one attached hydrogen (secondary N) is 2. The van der Waals surface area contributed by atoms with Crippen LogP contribution in [-0.4, -0.2) is 11.0 Å². The van der Waals surface area contributed by atoms with Gasteiger partial charge in [-0.3, -0.25) is 4.79 Å². The molecule has 0 unspecified atom stereocenters. The van der Waals surface area contributed by atoms with Gasteiger partial charge in [-0.15, -0.1) is 0 Å². The van der Waals surface area contributed by atoms with Crippen LogP contribution in [0.2, 0.25) is 0 Å². The molecule has 5 nitrogen and oxygen atoms in total. The van der Waals surface area contributed by atoms with Gasteiger partial charge < -0.3 is 16.4 Å². The summed E-state index contributed by atoms with van der Waals surface area (Å²) in [5.41, 5.74) is 5.56. The second kappa shape index (κ2) is 6.25. The number of thiocarbonyl (C=S) groups is 1. The molecule has 0 aliphatic heterocycles. The molecule has 0 heterocycles. The third kappa shape index (κ3) is 4.32. The van der Waals surface area contributed by atoms with E-state index in [1.807, 2.05) is 30.3 Å². The lowest BCUT2D eigenvalue weighted by molar-refractivity contribution is -0.114. The molecule has 0 spiro atoms. The second-order valence-electron chi connectivity index (χ2n) is 3.00. The predicted molar refractivity (Wildman–Crippen MR) is 68.7 cm³/mol. The van der Waals surface area contributed by atoms with Gasteiger partial charge in [0, 0.05) is 11.9 Å². The molecule has 1 rings (SSSR count). The molecule has 0 aromatic heterocycles. The van der Waals surface area contributed by atoms with Crippen LogP contribution in [0.1, 0.15) is 0 Å². The van der Waals surface area contributed by atoms with Crippen LogP contribution in [0.4, 0.5) is 5.69 Å². The minimum atomic E-state index is -0.803. The van der Waals surface area contributed by atoms with Gasteiger partial charge in [0.25, 0.3) is 5.91 Å². The minimum absolute atomic E-state index is 0.192. The highest BCUT2D eigenvalue weighted by atomic mass is 32.1. The zero-order valence-electron chi connectivity index (χ0n) is 8.81. The summed E-state index contributed by atoms with van der Waals surface area (Å²) in [6.07, 6.45) is 1.17. The third-order valence-corrected chi connectivity index (χ3v) is 1.99. The smallest absolute Gasteiger partial charge is 0.260 e. The first-order valence-corrected chi connectivity index (χ1v) is 5.07. The zero-order valence-corrected chi connectivity index (χ0v) is 9.62. The summed E-state index contributed by atoms with van der Waals surface area (Å²) < 4.78 is 0. The Labute approximate surface area is 104 Å². The van der Waals surface area contributed by atoms with Crippen molar-refractivity contribution in [2.24, 2.45) is 5.73 Å². The molecule has 0 fully saturated rings. The van der Waals surface area contributed by atoms with E-state index in [1.54, 1.807) is 6.07 Å². The molecule has 0 saturated heterocycles. The Balaban J connectivity index is 2.57. The fourth-order valence-corrected chi connectivity index (χ4v) is 1.16. The number of nitrogens with two attached hydrogens (primary N) is 1. The number of nitrogens with zero attached hydrogens (tertiary/aromatic N) is 1. The lowest BCUT2D eigenvalue weighted by Crippen LogP contribution is -2.25. The summed E-state index contributed by atoms with van der Waals surface area (Å²) in [5.74, 6) is -0.803. The number of para-hydroxylation sites is 1. The summed E-state index contributed by atoms with van der Waals surface area (Å²) in [5, 5.41) is 14.3. The van der Waals surface area contributed by atoms with Crippen LogP contribution in [0.15, 0.2) is 42.1 Å². The van der Waals surface area contributed by atoms with Crippen LogP contribution in [0, 0.1) is 11.3 Å². The fourth-order valence-electron chi connectivity index (χ4n) is 0.985. The van der Waals surface area contributed by atoms with Crippen LogP contribution in [0.5, 0.6) is 0 Å². The minimum Gasteiger partial charge on any atom is -0.365 e. The maximum Gasteiger partial charge on any atom is 0.260 e. The van der Waals surface area contributed by atoms with Crippen molar-refractivity contribution < 1.29 is 4.79 Å². The lowest BCUT2D eigenvalue weighted by Gasteiger charge is -2.06. The number of rotatable bonds is 3. The van der Waals surface area contributed by atoms with Crippen LogP contribution in [-0.2, 0) is 4.79 Å². The lowest BCUT2D eigenvalue weighted by atomic mass is 10.3. The van der Waals surface area contributed by atoms with Crippen molar-refractivity contribution in [1.29, 1.82) is 5.26 Å². The molecule has 1 aromatic carbocycles. The SMILES string of the molecule is N#CC(=CNC(=S)Nc1ccccc1)C(N)=O. The standard InChI is InChI=1S/C11H10N4OS/c12-6-8(10(13)16)7-14-11(17)15-9-4-2-1-3-5-9/h1-5,7H,(H2,13,16)(H2,14,15,17). The molecule has 17 heavy (non-hydrogen) atoms. The van der Waals surface area contributed by atoms with E-state index in [4.69, 9.17) is 23.2 Å². The monoisotopic (exact) mass is 246 g/mol. The van der Waals surface area contributed by atoms with Crippen LogP contribution < -0.4 is 16.4 Å². The second-order valence-corrected chi connectivity index (χ2v) is 3.41. The van der Waals surface area contributed by atoms with E-state index in [-0.39, 0.29) is 10.7 Å².